The second-order valence-electron chi connectivity index (χ2n) is 9.41. The summed E-state index contributed by atoms with van der Waals surface area (Å²) in [7, 11) is 0. The fourth-order valence-electron chi connectivity index (χ4n) is 5.08. The third-order valence-electron chi connectivity index (χ3n) is 6.87. The number of amides is 1. The van der Waals surface area contributed by atoms with Gasteiger partial charge >= 0.3 is 0 Å². The van der Waals surface area contributed by atoms with Crippen molar-refractivity contribution in [2.24, 2.45) is 0 Å². The number of hydrogen-bond donors (Lipinski definition) is 1. The molecule has 0 aliphatic carbocycles. The number of carbonyl (C=O) groups is 2. The second kappa shape index (κ2) is 10.1. The maximum absolute atomic E-state index is 14.2. The number of aliphatic hydroxyl groups is 1. The summed E-state index contributed by atoms with van der Waals surface area (Å²) < 4.78 is 25.9. The summed E-state index contributed by atoms with van der Waals surface area (Å²) in [5.41, 5.74) is 1.96. The van der Waals surface area contributed by atoms with E-state index in [4.69, 9.17) is 9.47 Å². The molecule has 7 heteroatoms. The molecule has 6 rings (SSSR count). The molecule has 1 saturated heterocycles. The van der Waals surface area contributed by atoms with Crippen LogP contribution in [0, 0.1) is 5.82 Å². The Labute approximate surface area is 224 Å². The Morgan fingerprint density at radius 3 is 2.51 bits per heavy atom. The molecule has 6 nitrogen and oxygen atoms in total. The molecular weight excluding hydrogens is 497 g/mol. The SMILES string of the molecule is O=C1C(=O)N(c2cccc(F)c2)C(c2cccc(Oc3ccccc3)c2)/C1=C(/O)c1ccc2c(c1)CCCO2. The minimum absolute atomic E-state index is 0.0854. The molecule has 194 valence electrons. The van der Waals surface area contributed by atoms with Crippen molar-refractivity contribution in [1.29, 1.82) is 0 Å². The lowest BCUT2D eigenvalue weighted by Crippen LogP contribution is -2.29. The van der Waals surface area contributed by atoms with Crippen molar-refractivity contribution in [1.82, 2.24) is 0 Å². The molecule has 1 unspecified atom stereocenters. The van der Waals surface area contributed by atoms with Crippen LogP contribution in [0.4, 0.5) is 10.1 Å². The quantitative estimate of drug-likeness (QED) is 0.183. The fraction of sp³-hybridized carbons (Fsp3) is 0.125. The number of anilines is 1. The monoisotopic (exact) mass is 521 g/mol. The molecule has 0 spiro atoms. The Morgan fingerprint density at radius 2 is 1.69 bits per heavy atom. The van der Waals surface area contributed by atoms with Crippen molar-refractivity contribution < 1.29 is 28.6 Å². The van der Waals surface area contributed by atoms with Crippen LogP contribution in [-0.4, -0.2) is 23.4 Å². The van der Waals surface area contributed by atoms with E-state index in [1.807, 2.05) is 30.3 Å². The zero-order chi connectivity index (χ0) is 26.9. The molecule has 2 heterocycles. The Bertz CT molecular complexity index is 1610. The number of ketones is 1. The number of hydrogen-bond acceptors (Lipinski definition) is 5. The molecule has 4 aromatic rings. The molecule has 1 fully saturated rings. The second-order valence-corrected chi connectivity index (χ2v) is 9.41. The van der Waals surface area contributed by atoms with Crippen molar-refractivity contribution in [2.45, 2.75) is 18.9 Å². The average molecular weight is 522 g/mol. The summed E-state index contributed by atoms with van der Waals surface area (Å²) in [6.45, 7) is 0.623. The number of rotatable bonds is 5. The van der Waals surface area contributed by atoms with Gasteiger partial charge in [0.1, 0.15) is 28.8 Å². The van der Waals surface area contributed by atoms with Crippen LogP contribution in [0.15, 0.2) is 103 Å². The number of ether oxygens (including phenoxy) is 2. The standard InChI is InChI=1S/C32H24FNO5/c33-23-9-5-10-24(19-23)34-29(21-7-4-13-26(18-21)39-25-11-2-1-3-12-25)28(31(36)32(34)37)30(35)22-14-15-27-20(17-22)8-6-16-38-27/h1-5,7,9-15,17-19,29,35H,6,8,16H2/b30-28-. The number of nitrogens with zero attached hydrogens (tertiary/aromatic N) is 1. The summed E-state index contributed by atoms with van der Waals surface area (Å²) in [5, 5.41) is 11.5. The predicted octanol–water partition coefficient (Wildman–Crippen LogP) is 6.57. The van der Waals surface area contributed by atoms with Crippen LogP contribution in [-0.2, 0) is 16.0 Å². The number of benzene rings is 4. The van der Waals surface area contributed by atoms with Crippen LogP contribution in [0.3, 0.4) is 0 Å². The number of carbonyl (C=O) groups excluding carboxylic acids is 2. The van der Waals surface area contributed by atoms with Crippen LogP contribution in [0.1, 0.15) is 29.2 Å². The highest BCUT2D eigenvalue weighted by Crippen LogP contribution is 2.43. The van der Waals surface area contributed by atoms with Crippen molar-refractivity contribution in [3.05, 3.63) is 125 Å². The lowest BCUT2D eigenvalue weighted by Gasteiger charge is -2.26. The van der Waals surface area contributed by atoms with Gasteiger partial charge in [-0.05, 0) is 84.6 Å². The number of halogens is 1. The van der Waals surface area contributed by atoms with Crippen molar-refractivity contribution in [3.63, 3.8) is 0 Å². The molecule has 0 aromatic heterocycles. The molecule has 2 aliphatic heterocycles. The van der Waals surface area contributed by atoms with Gasteiger partial charge in [0.2, 0.25) is 0 Å². The van der Waals surface area contributed by atoms with E-state index in [0.29, 0.717) is 29.2 Å². The van der Waals surface area contributed by atoms with E-state index >= 15 is 0 Å². The molecule has 1 atom stereocenters. The summed E-state index contributed by atoms with van der Waals surface area (Å²) in [6, 6.07) is 25.8. The highest BCUT2D eigenvalue weighted by molar-refractivity contribution is 6.51. The Balaban J connectivity index is 1.50. The lowest BCUT2D eigenvalue weighted by atomic mass is 9.93. The molecule has 0 radical (unpaired) electrons. The zero-order valence-electron chi connectivity index (χ0n) is 20.8. The summed E-state index contributed by atoms with van der Waals surface area (Å²) in [4.78, 5) is 28.1. The van der Waals surface area contributed by atoms with Gasteiger partial charge in [0.05, 0.1) is 18.2 Å². The Kier molecular flexibility index (Phi) is 6.32. The number of Topliss-reactive ketones (excluding diaryl/α,β-unsaturated/α-hetero) is 1. The summed E-state index contributed by atoms with van der Waals surface area (Å²) in [5.74, 6) is -0.739. The number of aryl methyl sites for hydroxylation is 1. The van der Waals surface area contributed by atoms with Crippen molar-refractivity contribution in [2.75, 3.05) is 11.5 Å². The fourth-order valence-corrected chi connectivity index (χ4v) is 5.08. The lowest BCUT2D eigenvalue weighted by molar-refractivity contribution is -0.132. The minimum atomic E-state index is -1.02. The minimum Gasteiger partial charge on any atom is -0.507 e. The topological polar surface area (TPSA) is 76.1 Å². The van der Waals surface area contributed by atoms with Crippen molar-refractivity contribution in [3.8, 4) is 17.2 Å². The number of aliphatic hydroxyl groups excluding tert-OH is 1. The van der Waals surface area contributed by atoms with E-state index in [-0.39, 0.29) is 17.0 Å². The van der Waals surface area contributed by atoms with E-state index in [0.717, 1.165) is 24.2 Å². The van der Waals surface area contributed by atoms with Gasteiger partial charge in [0.25, 0.3) is 11.7 Å². The van der Waals surface area contributed by atoms with Gasteiger partial charge in [-0.1, -0.05) is 36.4 Å². The first-order chi connectivity index (χ1) is 19.0. The largest absolute Gasteiger partial charge is 0.507 e. The first-order valence-corrected chi connectivity index (χ1v) is 12.6. The highest BCUT2D eigenvalue weighted by atomic mass is 19.1. The maximum atomic E-state index is 14.2. The van der Waals surface area contributed by atoms with E-state index in [9.17, 15) is 19.1 Å². The van der Waals surface area contributed by atoms with Gasteiger partial charge < -0.3 is 14.6 Å². The van der Waals surface area contributed by atoms with E-state index in [1.165, 1.54) is 23.1 Å². The molecular formula is C32H24FNO5. The Morgan fingerprint density at radius 1 is 0.897 bits per heavy atom. The molecule has 39 heavy (non-hydrogen) atoms. The van der Waals surface area contributed by atoms with Crippen LogP contribution in [0.25, 0.3) is 5.76 Å². The van der Waals surface area contributed by atoms with Gasteiger partial charge in [-0.2, -0.15) is 0 Å². The van der Waals surface area contributed by atoms with E-state index < -0.39 is 23.5 Å². The van der Waals surface area contributed by atoms with Gasteiger partial charge in [0, 0.05) is 11.3 Å². The molecule has 0 bridgehead atoms. The van der Waals surface area contributed by atoms with Crippen LogP contribution < -0.4 is 14.4 Å². The van der Waals surface area contributed by atoms with Gasteiger partial charge in [0.15, 0.2) is 0 Å². The normalized spacial score (nSPS) is 18.0. The number of para-hydroxylation sites is 1. The molecule has 4 aromatic carbocycles. The van der Waals surface area contributed by atoms with Crippen LogP contribution in [0.2, 0.25) is 0 Å². The Hall–Kier alpha value is -4.91. The highest BCUT2D eigenvalue weighted by Gasteiger charge is 2.47. The van der Waals surface area contributed by atoms with Gasteiger partial charge in [-0.25, -0.2) is 4.39 Å². The molecule has 1 amide bonds. The van der Waals surface area contributed by atoms with Crippen LogP contribution in [0.5, 0.6) is 17.2 Å². The summed E-state index contributed by atoms with van der Waals surface area (Å²) >= 11 is 0. The smallest absolute Gasteiger partial charge is 0.300 e. The van der Waals surface area contributed by atoms with E-state index in [2.05, 4.69) is 0 Å². The third kappa shape index (κ3) is 4.63. The molecule has 0 saturated carbocycles. The van der Waals surface area contributed by atoms with Gasteiger partial charge in [-0.15, -0.1) is 0 Å². The van der Waals surface area contributed by atoms with Gasteiger partial charge in [-0.3, -0.25) is 14.5 Å². The van der Waals surface area contributed by atoms with Crippen LogP contribution >= 0.6 is 0 Å². The predicted molar refractivity (Wildman–Crippen MR) is 144 cm³/mol. The van der Waals surface area contributed by atoms with Crippen molar-refractivity contribution >= 4 is 23.1 Å². The zero-order valence-corrected chi connectivity index (χ0v) is 20.8. The average Bonchev–Trinajstić information content (AvgIpc) is 3.23. The molecule has 1 N–H and O–H groups in total. The van der Waals surface area contributed by atoms with E-state index in [1.54, 1.807) is 48.5 Å². The third-order valence-corrected chi connectivity index (χ3v) is 6.87. The first-order valence-electron chi connectivity index (χ1n) is 12.6. The first kappa shape index (κ1) is 24.4. The number of fused-ring (bicyclic) bond motifs is 1. The maximum Gasteiger partial charge on any atom is 0.300 e. The summed E-state index contributed by atoms with van der Waals surface area (Å²) in [6.07, 6.45) is 1.62. The molecule has 2 aliphatic rings.